The van der Waals surface area contributed by atoms with Gasteiger partial charge in [-0.05, 0) is 18.2 Å². The van der Waals surface area contributed by atoms with Crippen LogP contribution in [0.3, 0.4) is 0 Å². The monoisotopic (exact) mass is 286 g/mol. The van der Waals surface area contributed by atoms with Crippen LogP contribution >= 0.6 is 0 Å². The summed E-state index contributed by atoms with van der Waals surface area (Å²) in [5, 5.41) is 11.7. The van der Waals surface area contributed by atoms with Crippen LogP contribution in [-0.2, 0) is 6.54 Å². The summed E-state index contributed by atoms with van der Waals surface area (Å²) in [6.45, 7) is 0.473. The summed E-state index contributed by atoms with van der Waals surface area (Å²) < 4.78 is 23.6. The maximum atomic E-state index is 13.1. The molecule has 5 heteroatoms. The lowest BCUT2D eigenvalue weighted by Crippen LogP contribution is -2.04. The third-order valence-electron chi connectivity index (χ3n) is 2.90. The predicted octanol–water partition coefficient (Wildman–Crippen LogP) is 3.35. The van der Waals surface area contributed by atoms with Gasteiger partial charge >= 0.3 is 0 Å². The van der Waals surface area contributed by atoms with Gasteiger partial charge in [0.05, 0.1) is 12.8 Å². The predicted molar refractivity (Wildman–Crippen MR) is 77.8 cm³/mol. The molecule has 1 N–H and O–H groups in total. The maximum absolute atomic E-state index is 13.1. The number of hydrogen-bond donors (Lipinski definition) is 1. The van der Waals surface area contributed by atoms with Gasteiger partial charge in [-0.1, -0.05) is 18.2 Å². The summed E-state index contributed by atoms with van der Waals surface area (Å²) >= 11 is 0. The Hall–Kier alpha value is -2.74. The highest BCUT2D eigenvalue weighted by atomic mass is 19.1. The van der Waals surface area contributed by atoms with Gasteiger partial charge in [0.2, 0.25) is 0 Å². The fraction of sp³-hybridized carbons (Fsp3) is 0.188. The molecule has 0 saturated carbocycles. The lowest BCUT2D eigenvalue weighted by atomic mass is 10.2. The first-order valence-electron chi connectivity index (χ1n) is 6.39. The van der Waals surface area contributed by atoms with Gasteiger partial charge in [-0.15, -0.1) is 0 Å². The van der Waals surface area contributed by atoms with Crippen molar-refractivity contribution in [3.63, 3.8) is 0 Å². The Balaban J connectivity index is 2.11. The van der Waals surface area contributed by atoms with E-state index in [1.165, 1.54) is 19.2 Å². The minimum absolute atomic E-state index is 0.00309. The Kier molecular flexibility index (Phi) is 4.99. The molecule has 2 aromatic carbocycles. The first kappa shape index (κ1) is 14.7. The van der Waals surface area contributed by atoms with E-state index in [0.29, 0.717) is 23.7 Å². The maximum Gasteiger partial charge on any atom is 0.174 e. The second-order valence-electron chi connectivity index (χ2n) is 4.25. The number of rotatable bonds is 6. The number of ether oxygens (including phenoxy) is 2. The van der Waals surface area contributed by atoms with E-state index in [9.17, 15) is 4.39 Å². The quantitative estimate of drug-likeness (QED) is 0.884. The van der Waals surface area contributed by atoms with E-state index in [1.54, 1.807) is 12.1 Å². The number of halogens is 1. The number of nitriles is 1. The smallest absolute Gasteiger partial charge is 0.174 e. The number of methoxy groups -OCH3 is 1. The molecule has 2 aromatic rings. The van der Waals surface area contributed by atoms with Crippen LogP contribution < -0.4 is 14.8 Å². The molecule has 0 aliphatic heterocycles. The molecule has 0 aliphatic carbocycles. The zero-order valence-corrected chi connectivity index (χ0v) is 11.6. The summed E-state index contributed by atoms with van der Waals surface area (Å²) in [6, 6.07) is 13.7. The summed E-state index contributed by atoms with van der Waals surface area (Å²) in [6.07, 6.45) is 0. The first-order valence-corrected chi connectivity index (χ1v) is 6.39. The van der Waals surface area contributed by atoms with Crippen molar-refractivity contribution in [1.82, 2.24) is 0 Å². The Morgan fingerprint density at radius 3 is 2.76 bits per heavy atom. The molecule has 0 atom stereocenters. The van der Waals surface area contributed by atoms with Crippen LogP contribution in [0.2, 0.25) is 0 Å². The van der Waals surface area contributed by atoms with Gasteiger partial charge in [-0.25, -0.2) is 4.39 Å². The molecular formula is C16H15FN2O2. The molecule has 108 valence electrons. The molecule has 0 heterocycles. The van der Waals surface area contributed by atoms with Crippen LogP contribution in [0, 0.1) is 17.1 Å². The fourth-order valence-electron chi connectivity index (χ4n) is 1.90. The van der Waals surface area contributed by atoms with Crippen LogP contribution in [0.15, 0.2) is 42.5 Å². The van der Waals surface area contributed by atoms with Crippen molar-refractivity contribution >= 4 is 5.69 Å². The van der Waals surface area contributed by atoms with Crippen molar-refractivity contribution < 1.29 is 13.9 Å². The molecule has 0 spiro atoms. The van der Waals surface area contributed by atoms with E-state index in [-0.39, 0.29) is 12.4 Å². The zero-order chi connectivity index (χ0) is 15.1. The zero-order valence-electron chi connectivity index (χ0n) is 11.6. The molecule has 4 nitrogen and oxygen atoms in total. The third-order valence-corrected chi connectivity index (χ3v) is 2.90. The van der Waals surface area contributed by atoms with Gasteiger partial charge in [0.15, 0.2) is 6.61 Å². The van der Waals surface area contributed by atoms with Crippen molar-refractivity contribution in [3.05, 3.63) is 53.8 Å². The summed E-state index contributed by atoms with van der Waals surface area (Å²) in [4.78, 5) is 0. The number of nitrogens with one attached hydrogen (secondary N) is 1. The lowest BCUT2D eigenvalue weighted by Gasteiger charge is -2.13. The van der Waals surface area contributed by atoms with E-state index in [4.69, 9.17) is 14.7 Å². The Labute approximate surface area is 122 Å². The van der Waals surface area contributed by atoms with Gasteiger partial charge in [-0.2, -0.15) is 5.26 Å². The highest BCUT2D eigenvalue weighted by Crippen LogP contribution is 2.26. The number of nitrogens with zero attached hydrogens (tertiary/aromatic N) is 1. The average molecular weight is 286 g/mol. The Bertz CT molecular complexity index is 653. The van der Waals surface area contributed by atoms with E-state index in [1.807, 2.05) is 24.3 Å². The van der Waals surface area contributed by atoms with Crippen LogP contribution in [-0.4, -0.2) is 13.7 Å². The molecule has 0 radical (unpaired) electrons. The molecular weight excluding hydrogens is 271 g/mol. The van der Waals surface area contributed by atoms with E-state index >= 15 is 0 Å². The Morgan fingerprint density at radius 1 is 1.19 bits per heavy atom. The third kappa shape index (κ3) is 3.86. The van der Waals surface area contributed by atoms with Crippen molar-refractivity contribution in [3.8, 4) is 17.6 Å². The summed E-state index contributed by atoms with van der Waals surface area (Å²) in [7, 11) is 1.49. The van der Waals surface area contributed by atoms with Crippen LogP contribution in [0.1, 0.15) is 5.56 Å². The van der Waals surface area contributed by atoms with Crippen LogP contribution in [0.5, 0.6) is 11.5 Å². The van der Waals surface area contributed by atoms with Gasteiger partial charge < -0.3 is 14.8 Å². The minimum atomic E-state index is -0.352. The lowest BCUT2D eigenvalue weighted by molar-refractivity contribution is 0.364. The number of anilines is 1. The van der Waals surface area contributed by atoms with Gasteiger partial charge in [0.1, 0.15) is 23.4 Å². The molecule has 0 aliphatic rings. The van der Waals surface area contributed by atoms with E-state index in [2.05, 4.69) is 5.32 Å². The second kappa shape index (κ2) is 7.15. The molecule has 0 unspecified atom stereocenters. The number of benzene rings is 2. The average Bonchev–Trinajstić information content (AvgIpc) is 2.52. The molecule has 0 bridgehead atoms. The largest absolute Gasteiger partial charge is 0.494 e. The van der Waals surface area contributed by atoms with Gasteiger partial charge in [-0.3, -0.25) is 0 Å². The highest BCUT2D eigenvalue weighted by Gasteiger charge is 2.07. The summed E-state index contributed by atoms with van der Waals surface area (Å²) in [5.41, 5.74) is 1.59. The fourth-order valence-corrected chi connectivity index (χ4v) is 1.90. The van der Waals surface area contributed by atoms with Crippen molar-refractivity contribution in [1.29, 1.82) is 5.26 Å². The van der Waals surface area contributed by atoms with Crippen molar-refractivity contribution in [2.75, 3.05) is 19.0 Å². The van der Waals surface area contributed by atoms with Crippen LogP contribution in [0.4, 0.5) is 10.1 Å². The van der Waals surface area contributed by atoms with Gasteiger partial charge in [0.25, 0.3) is 0 Å². The minimum Gasteiger partial charge on any atom is -0.494 e. The molecule has 0 fully saturated rings. The summed E-state index contributed by atoms with van der Waals surface area (Å²) in [5.74, 6) is 0.730. The van der Waals surface area contributed by atoms with E-state index < -0.39 is 0 Å². The highest BCUT2D eigenvalue weighted by molar-refractivity contribution is 5.57. The topological polar surface area (TPSA) is 54.3 Å². The second-order valence-corrected chi connectivity index (χ2v) is 4.25. The number of hydrogen-bond acceptors (Lipinski definition) is 4. The van der Waals surface area contributed by atoms with Crippen LogP contribution in [0.25, 0.3) is 0 Å². The Morgan fingerprint density at radius 2 is 2.00 bits per heavy atom. The normalized spacial score (nSPS) is 9.76. The first-order chi connectivity index (χ1) is 10.2. The molecule has 21 heavy (non-hydrogen) atoms. The molecule has 0 aromatic heterocycles. The van der Waals surface area contributed by atoms with Gasteiger partial charge in [0, 0.05) is 18.2 Å². The molecule has 0 saturated heterocycles. The number of para-hydroxylation sites is 1. The SMILES string of the molecule is COc1cc(F)ccc1NCc1ccccc1OCC#N. The molecule has 2 rings (SSSR count). The molecule has 0 amide bonds. The van der Waals surface area contributed by atoms with E-state index in [0.717, 1.165) is 5.56 Å². The van der Waals surface area contributed by atoms with Crippen molar-refractivity contribution in [2.24, 2.45) is 0 Å². The standard InChI is InChI=1S/C16H15FN2O2/c1-20-16-10-13(17)6-7-14(16)19-11-12-4-2-3-5-15(12)21-9-8-18/h2-7,10,19H,9,11H2,1H3. The van der Waals surface area contributed by atoms with Crippen molar-refractivity contribution in [2.45, 2.75) is 6.54 Å².